The molecular formula is C15H19N5O2. The summed E-state index contributed by atoms with van der Waals surface area (Å²) in [6, 6.07) is 7.57. The number of aliphatic hydroxyl groups excluding tert-OH is 1. The third kappa shape index (κ3) is 3.04. The minimum Gasteiger partial charge on any atom is -0.490 e. The average Bonchev–Trinajstić information content (AvgIpc) is 3.10. The van der Waals surface area contributed by atoms with Gasteiger partial charge in [-0.1, -0.05) is 6.07 Å². The quantitative estimate of drug-likeness (QED) is 0.641. The molecule has 1 aromatic carbocycles. The predicted molar refractivity (Wildman–Crippen MR) is 84.0 cm³/mol. The monoisotopic (exact) mass is 301 g/mol. The summed E-state index contributed by atoms with van der Waals surface area (Å²) in [5.41, 5.74) is 1.81. The number of ether oxygens (including phenoxy) is 1. The highest BCUT2D eigenvalue weighted by Gasteiger charge is 2.11. The molecule has 0 fully saturated rings. The molecule has 7 heteroatoms. The van der Waals surface area contributed by atoms with Crippen molar-refractivity contribution < 1.29 is 9.84 Å². The summed E-state index contributed by atoms with van der Waals surface area (Å²) in [6.07, 6.45) is 1.21. The van der Waals surface area contributed by atoms with Gasteiger partial charge in [-0.2, -0.15) is 10.2 Å². The first-order valence-electron chi connectivity index (χ1n) is 7.11. The molecule has 7 nitrogen and oxygen atoms in total. The maximum atomic E-state index is 10.0. The highest BCUT2D eigenvalue weighted by Crippen LogP contribution is 2.26. The Kier molecular flexibility index (Phi) is 3.97. The Labute approximate surface area is 127 Å². The minimum absolute atomic E-state index is 0.198. The van der Waals surface area contributed by atoms with Gasteiger partial charge in [0.05, 0.1) is 16.6 Å². The standard InChI is InChI=1S/C15H19N5O2/c1-10-15-12(18-17-10)4-3-5-13(15)22-9-11(21)8-16-14-6-7-20(2)19-14/h3-7,11,21H,8-9H2,1-2H3,(H,16,19)(H,17,18)/t11-/m0/s1. The lowest BCUT2D eigenvalue weighted by molar-refractivity contribution is 0.118. The summed E-state index contributed by atoms with van der Waals surface area (Å²) >= 11 is 0. The van der Waals surface area contributed by atoms with Crippen molar-refractivity contribution in [2.45, 2.75) is 13.0 Å². The Morgan fingerprint density at radius 2 is 2.27 bits per heavy atom. The second-order valence-corrected chi connectivity index (χ2v) is 5.21. The van der Waals surface area contributed by atoms with Crippen molar-refractivity contribution in [1.29, 1.82) is 0 Å². The maximum Gasteiger partial charge on any atom is 0.148 e. The third-order valence-corrected chi connectivity index (χ3v) is 3.40. The number of anilines is 1. The summed E-state index contributed by atoms with van der Waals surface area (Å²) in [4.78, 5) is 0. The van der Waals surface area contributed by atoms with Gasteiger partial charge < -0.3 is 15.2 Å². The van der Waals surface area contributed by atoms with Gasteiger partial charge in [0.15, 0.2) is 0 Å². The molecule has 0 bridgehead atoms. The number of rotatable bonds is 6. The van der Waals surface area contributed by atoms with Crippen LogP contribution in [0.2, 0.25) is 0 Å². The number of aromatic amines is 1. The maximum absolute atomic E-state index is 10.0. The summed E-state index contributed by atoms with van der Waals surface area (Å²) in [7, 11) is 1.85. The second-order valence-electron chi connectivity index (χ2n) is 5.21. The van der Waals surface area contributed by atoms with Crippen LogP contribution in [0, 0.1) is 6.92 Å². The lowest BCUT2D eigenvalue weighted by atomic mass is 10.2. The molecule has 3 aromatic rings. The number of aromatic nitrogens is 4. The minimum atomic E-state index is -0.635. The summed E-state index contributed by atoms with van der Waals surface area (Å²) in [6.45, 7) is 2.49. The molecule has 2 heterocycles. The van der Waals surface area contributed by atoms with Crippen LogP contribution in [0.3, 0.4) is 0 Å². The molecular weight excluding hydrogens is 282 g/mol. The van der Waals surface area contributed by atoms with Crippen LogP contribution >= 0.6 is 0 Å². The van der Waals surface area contributed by atoms with E-state index in [4.69, 9.17) is 4.74 Å². The van der Waals surface area contributed by atoms with Gasteiger partial charge in [0.25, 0.3) is 0 Å². The van der Waals surface area contributed by atoms with Gasteiger partial charge in [-0.05, 0) is 19.1 Å². The Morgan fingerprint density at radius 1 is 1.41 bits per heavy atom. The summed E-state index contributed by atoms with van der Waals surface area (Å²) < 4.78 is 7.44. The molecule has 1 atom stereocenters. The molecule has 0 unspecified atom stereocenters. The van der Waals surface area contributed by atoms with Crippen molar-refractivity contribution >= 4 is 16.7 Å². The molecule has 0 saturated carbocycles. The van der Waals surface area contributed by atoms with E-state index in [2.05, 4.69) is 20.6 Å². The Morgan fingerprint density at radius 3 is 3.05 bits per heavy atom. The summed E-state index contributed by atoms with van der Waals surface area (Å²) in [5.74, 6) is 1.45. The molecule has 2 aromatic heterocycles. The molecule has 0 radical (unpaired) electrons. The van der Waals surface area contributed by atoms with E-state index in [1.165, 1.54) is 0 Å². The van der Waals surface area contributed by atoms with Crippen LogP contribution in [-0.2, 0) is 7.05 Å². The van der Waals surface area contributed by atoms with Gasteiger partial charge >= 0.3 is 0 Å². The number of aryl methyl sites for hydroxylation is 2. The topological polar surface area (TPSA) is 88.0 Å². The molecule has 0 aliphatic carbocycles. The molecule has 0 saturated heterocycles. The van der Waals surface area contributed by atoms with Gasteiger partial charge in [-0.15, -0.1) is 0 Å². The first kappa shape index (κ1) is 14.4. The van der Waals surface area contributed by atoms with E-state index < -0.39 is 6.10 Å². The van der Waals surface area contributed by atoms with Crippen molar-refractivity contribution in [3.63, 3.8) is 0 Å². The van der Waals surface area contributed by atoms with E-state index in [1.54, 1.807) is 4.68 Å². The van der Waals surface area contributed by atoms with E-state index in [9.17, 15) is 5.11 Å². The van der Waals surface area contributed by atoms with E-state index in [-0.39, 0.29) is 6.61 Å². The van der Waals surface area contributed by atoms with Crippen LogP contribution in [0.1, 0.15) is 5.69 Å². The summed E-state index contributed by atoms with van der Waals surface area (Å²) in [5, 5.41) is 25.3. The van der Waals surface area contributed by atoms with E-state index in [0.29, 0.717) is 6.54 Å². The second kappa shape index (κ2) is 6.07. The first-order valence-corrected chi connectivity index (χ1v) is 7.11. The number of H-pyrrole nitrogens is 1. The molecule has 0 aliphatic heterocycles. The van der Waals surface area contributed by atoms with Crippen LogP contribution in [0.5, 0.6) is 5.75 Å². The Hall–Kier alpha value is -2.54. The normalized spacial score (nSPS) is 12.5. The van der Waals surface area contributed by atoms with Crippen molar-refractivity contribution in [1.82, 2.24) is 20.0 Å². The van der Waals surface area contributed by atoms with Gasteiger partial charge in [0.2, 0.25) is 0 Å². The first-order chi connectivity index (χ1) is 10.6. The Balaban J connectivity index is 1.58. The largest absolute Gasteiger partial charge is 0.490 e. The van der Waals surface area contributed by atoms with Crippen LogP contribution in [0.25, 0.3) is 10.9 Å². The van der Waals surface area contributed by atoms with Crippen LogP contribution in [-0.4, -0.2) is 44.3 Å². The third-order valence-electron chi connectivity index (χ3n) is 3.40. The number of aliphatic hydroxyl groups is 1. The molecule has 3 N–H and O–H groups in total. The molecule has 3 rings (SSSR count). The van der Waals surface area contributed by atoms with Gasteiger partial charge in [-0.25, -0.2) is 0 Å². The fourth-order valence-corrected chi connectivity index (χ4v) is 2.29. The highest BCUT2D eigenvalue weighted by atomic mass is 16.5. The molecule has 22 heavy (non-hydrogen) atoms. The molecule has 116 valence electrons. The predicted octanol–water partition coefficient (Wildman–Crippen LogP) is 1.46. The molecule has 0 aliphatic rings. The number of nitrogens with zero attached hydrogens (tertiary/aromatic N) is 3. The van der Waals surface area contributed by atoms with Crippen LogP contribution in [0.4, 0.5) is 5.82 Å². The SMILES string of the molecule is Cc1n[nH]c2cccc(OC[C@@H](O)CNc3ccn(C)n3)c12. The lowest BCUT2D eigenvalue weighted by Crippen LogP contribution is -2.26. The Bertz CT molecular complexity index is 764. The van der Waals surface area contributed by atoms with Crippen molar-refractivity contribution in [3.8, 4) is 5.75 Å². The van der Waals surface area contributed by atoms with Crippen LogP contribution < -0.4 is 10.1 Å². The lowest BCUT2D eigenvalue weighted by Gasteiger charge is -2.13. The zero-order chi connectivity index (χ0) is 15.5. The van der Waals surface area contributed by atoms with E-state index in [0.717, 1.165) is 28.2 Å². The molecule has 0 spiro atoms. The number of fused-ring (bicyclic) bond motifs is 1. The zero-order valence-electron chi connectivity index (χ0n) is 12.6. The highest BCUT2D eigenvalue weighted by molar-refractivity contribution is 5.87. The van der Waals surface area contributed by atoms with E-state index >= 15 is 0 Å². The van der Waals surface area contributed by atoms with Crippen LogP contribution in [0.15, 0.2) is 30.5 Å². The fraction of sp³-hybridized carbons (Fsp3) is 0.333. The number of nitrogens with one attached hydrogen (secondary N) is 2. The average molecular weight is 301 g/mol. The fourth-order valence-electron chi connectivity index (χ4n) is 2.29. The van der Waals surface area contributed by atoms with E-state index in [1.807, 2.05) is 44.4 Å². The molecule has 0 amide bonds. The van der Waals surface area contributed by atoms with Crippen molar-refractivity contribution in [3.05, 3.63) is 36.2 Å². The van der Waals surface area contributed by atoms with Gasteiger partial charge in [0.1, 0.15) is 24.3 Å². The van der Waals surface area contributed by atoms with Gasteiger partial charge in [-0.3, -0.25) is 9.78 Å². The number of hydrogen-bond acceptors (Lipinski definition) is 5. The van der Waals surface area contributed by atoms with Crippen molar-refractivity contribution in [2.75, 3.05) is 18.5 Å². The van der Waals surface area contributed by atoms with Crippen molar-refractivity contribution in [2.24, 2.45) is 7.05 Å². The smallest absolute Gasteiger partial charge is 0.148 e. The zero-order valence-corrected chi connectivity index (χ0v) is 12.6. The van der Waals surface area contributed by atoms with Gasteiger partial charge in [0, 0.05) is 25.9 Å². The number of benzene rings is 1. The number of hydrogen-bond donors (Lipinski definition) is 3.